The summed E-state index contributed by atoms with van der Waals surface area (Å²) in [4.78, 5) is 14.6. The number of aryl methyl sites for hydroxylation is 1. The highest BCUT2D eigenvalue weighted by Crippen LogP contribution is 2.33. The molecule has 1 heterocycles. The van der Waals surface area contributed by atoms with Crippen molar-refractivity contribution in [2.75, 3.05) is 7.11 Å². The van der Waals surface area contributed by atoms with E-state index in [4.69, 9.17) is 16.3 Å². The summed E-state index contributed by atoms with van der Waals surface area (Å²) < 4.78 is 5.01. The average Bonchev–Trinajstić information content (AvgIpc) is 2.27. The summed E-state index contributed by atoms with van der Waals surface area (Å²) in [5, 5.41) is 11.9. The van der Waals surface area contributed by atoms with Gasteiger partial charge in [-0.25, -0.2) is 4.98 Å². The Labute approximate surface area is 102 Å². The van der Waals surface area contributed by atoms with Crippen LogP contribution in [0.2, 0.25) is 5.02 Å². The Morgan fingerprint density at radius 2 is 2.12 bits per heavy atom. The number of nitro groups is 1. The van der Waals surface area contributed by atoms with Gasteiger partial charge in [-0.3, -0.25) is 10.1 Å². The molecule has 6 heteroatoms. The number of methoxy groups -OCH3 is 1. The zero-order valence-corrected chi connectivity index (χ0v) is 9.99. The van der Waals surface area contributed by atoms with Gasteiger partial charge in [0.2, 0.25) is 0 Å². The number of aromatic nitrogens is 1. The Kier molecular flexibility index (Phi) is 2.85. The molecule has 0 bridgehead atoms. The zero-order valence-electron chi connectivity index (χ0n) is 9.23. The lowest BCUT2D eigenvalue weighted by Crippen LogP contribution is -1.95. The third kappa shape index (κ3) is 2.01. The average molecular weight is 253 g/mol. The molecular weight excluding hydrogens is 244 g/mol. The van der Waals surface area contributed by atoms with Crippen LogP contribution in [0.3, 0.4) is 0 Å². The van der Waals surface area contributed by atoms with Gasteiger partial charge in [-0.05, 0) is 19.1 Å². The van der Waals surface area contributed by atoms with Crippen molar-refractivity contribution in [3.8, 4) is 5.75 Å². The van der Waals surface area contributed by atoms with E-state index in [1.54, 1.807) is 19.1 Å². The first kappa shape index (κ1) is 11.6. The fourth-order valence-electron chi connectivity index (χ4n) is 1.62. The third-order valence-corrected chi connectivity index (χ3v) is 2.69. The normalized spacial score (nSPS) is 10.5. The van der Waals surface area contributed by atoms with Crippen molar-refractivity contribution >= 4 is 28.2 Å². The Morgan fingerprint density at radius 1 is 1.41 bits per heavy atom. The largest absolute Gasteiger partial charge is 0.496 e. The van der Waals surface area contributed by atoms with E-state index in [0.29, 0.717) is 21.9 Å². The maximum atomic E-state index is 11.0. The SMILES string of the molecule is COc1cc([N+](=O)[O-])c2nc(C)cc(Cl)c2c1. The molecule has 0 aliphatic carbocycles. The number of nitrogens with zero attached hydrogens (tertiary/aromatic N) is 2. The van der Waals surface area contributed by atoms with E-state index in [1.165, 1.54) is 13.2 Å². The molecule has 0 saturated heterocycles. The molecule has 0 aliphatic rings. The van der Waals surface area contributed by atoms with Gasteiger partial charge in [-0.1, -0.05) is 11.6 Å². The van der Waals surface area contributed by atoms with Crippen LogP contribution < -0.4 is 4.74 Å². The van der Waals surface area contributed by atoms with Crippen LogP contribution in [0, 0.1) is 17.0 Å². The molecule has 0 atom stereocenters. The van der Waals surface area contributed by atoms with Crippen molar-refractivity contribution in [1.82, 2.24) is 4.98 Å². The first-order valence-corrected chi connectivity index (χ1v) is 5.20. The van der Waals surface area contributed by atoms with E-state index < -0.39 is 4.92 Å². The predicted octanol–water partition coefficient (Wildman–Crippen LogP) is 3.11. The Hall–Kier alpha value is -1.88. The first-order chi connectivity index (χ1) is 8.02. The van der Waals surface area contributed by atoms with Crippen LogP contribution in [-0.4, -0.2) is 17.0 Å². The minimum Gasteiger partial charge on any atom is -0.496 e. The quantitative estimate of drug-likeness (QED) is 0.608. The molecule has 0 unspecified atom stereocenters. The third-order valence-electron chi connectivity index (χ3n) is 2.38. The molecule has 2 rings (SSSR count). The van der Waals surface area contributed by atoms with Gasteiger partial charge in [0, 0.05) is 11.1 Å². The molecule has 88 valence electrons. The highest BCUT2D eigenvalue weighted by Gasteiger charge is 2.17. The van der Waals surface area contributed by atoms with Crippen molar-refractivity contribution < 1.29 is 9.66 Å². The number of rotatable bonds is 2. The number of halogens is 1. The number of pyridine rings is 1. The summed E-state index contributed by atoms with van der Waals surface area (Å²) in [5.74, 6) is 0.386. The topological polar surface area (TPSA) is 65.3 Å². The molecular formula is C11H9ClN2O3. The Bertz CT molecular complexity index is 613. The second-order valence-corrected chi connectivity index (χ2v) is 3.95. The molecule has 0 radical (unpaired) electrons. The standard InChI is InChI=1S/C11H9ClN2O3/c1-6-3-9(12)8-4-7(17-2)5-10(14(15)16)11(8)13-6/h3-5H,1-2H3. The van der Waals surface area contributed by atoms with Crippen molar-refractivity contribution in [2.45, 2.75) is 6.92 Å². The Morgan fingerprint density at radius 3 is 2.71 bits per heavy atom. The van der Waals surface area contributed by atoms with E-state index in [0.717, 1.165) is 0 Å². The van der Waals surface area contributed by atoms with Gasteiger partial charge >= 0.3 is 0 Å². The predicted molar refractivity (Wildman–Crippen MR) is 64.7 cm³/mol. The number of fused-ring (bicyclic) bond motifs is 1. The molecule has 2 aromatic rings. The number of hydrogen-bond donors (Lipinski definition) is 0. The zero-order chi connectivity index (χ0) is 12.6. The van der Waals surface area contributed by atoms with Gasteiger partial charge in [-0.2, -0.15) is 0 Å². The maximum absolute atomic E-state index is 11.0. The molecule has 0 saturated carbocycles. The summed E-state index contributed by atoms with van der Waals surface area (Å²) >= 11 is 6.05. The van der Waals surface area contributed by atoms with Crippen LogP contribution in [-0.2, 0) is 0 Å². The van der Waals surface area contributed by atoms with Crippen LogP contribution in [0.4, 0.5) is 5.69 Å². The fourth-order valence-corrected chi connectivity index (χ4v) is 1.92. The van der Waals surface area contributed by atoms with E-state index in [1.807, 2.05) is 0 Å². The number of hydrogen-bond acceptors (Lipinski definition) is 4. The number of nitro benzene ring substituents is 1. The smallest absolute Gasteiger partial charge is 0.299 e. The van der Waals surface area contributed by atoms with Crippen LogP contribution in [0.5, 0.6) is 5.75 Å². The molecule has 0 aliphatic heterocycles. The second-order valence-electron chi connectivity index (χ2n) is 3.55. The molecule has 1 aromatic carbocycles. The van der Waals surface area contributed by atoms with Crippen LogP contribution >= 0.6 is 11.6 Å². The highest BCUT2D eigenvalue weighted by molar-refractivity contribution is 6.35. The number of non-ortho nitro benzene ring substituents is 1. The lowest BCUT2D eigenvalue weighted by Gasteiger charge is -2.06. The molecule has 5 nitrogen and oxygen atoms in total. The highest BCUT2D eigenvalue weighted by atomic mass is 35.5. The van der Waals surface area contributed by atoms with Gasteiger partial charge in [0.1, 0.15) is 11.3 Å². The van der Waals surface area contributed by atoms with Crippen molar-refractivity contribution in [2.24, 2.45) is 0 Å². The summed E-state index contributed by atoms with van der Waals surface area (Å²) in [7, 11) is 1.44. The molecule has 0 N–H and O–H groups in total. The van der Waals surface area contributed by atoms with Crippen LogP contribution in [0.25, 0.3) is 10.9 Å². The van der Waals surface area contributed by atoms with E-state index >= 15 is 0 Å². The summed E-state index contributed by atoms with van der Waals surface area (Å²) in [5.41, 5.74) is 0.807. The van der Waals surface area contributed by atoms with E-state index in [2.05, 4.69) is 4.98 Å². The molecule has 0 fully saturated rings. The molecule has 0 spiro atoms. The molecule has 1 aromatic heterocycles. The number of ether oxygens (including phenoxy) is 1. The van der Waals surface area contributed by atoms with Gasteiger partial charge in [0.25, 0.3) is 5.69 Å². The van der Waals surface area contributed by atoms with Gasteiger partial charge in [0.05, 0.1) is 23.1 Å². The summed E-state index contributed by atoms with van der Waals surface area (Å²) in [6, 6.07) is 4.63. The van der Waals surface area contributed by atoms with E-state index in [-0.39, 0.29) is 11.2 Å². The second kappa shape index (κ2) is 4.18. The lowest BCUT2D eigenvalue weighted by atomic mass is 10.1. The summed E-state index contributed by atoms with van der Waals surface area (Å²) in [6.45, 7) is 1.74. The first-order valence-electron chi connectivity index (χ1n) is 4.82. The monoisotopic (exact) mass is 252 g/mol. The van der Waals surface area contributed by atoms with Crippen molar-refractivity contribution in [1.29, 1.82) is 0 Å². The van der Waals surface area contributed by atoms with Gasteiger partial charge < -0.3 is 4.74 Å². The van der Waals surface area contributed by atoms with Crippen LogP contribution in [0.15, 0.2) is 18.2 Å². The van der Waals surface area contributed by atoms with Crippen molar-refractivity contribution in [3.63, 3.8) is 0 Å². The molecule has 17 heavy (non-hydrogen) atoms. The maximum Gasteiger partial charge on any atom is 0.299 e. The molecule has 0 amide bonds. The fraction of sp³-hybridized carbons (Fsp3) is 0.182. The van der Waals surface area contributed by atoms with Crippen molar-refractivity contribution in [3.05, 3.63) is 39.0 Å². The summed E-state index contributed by atoms with van der Waals surface area (Å²) in [6.07, 6.45) is 0. The minimum absolute atomic E-state index is 0.107. The van der Waals surface area contributed by atoms with Crippen LogP contribution in [0.1, 0.15) is 5.69 Å². The number of benzene rings is 1. The lowest BCUT2D eigenvalue weighted by molar-refractivity contribution is -0.383. The van der Waals surface area contributed by atoms with E-state index in [9.17, 15) is 10.1 Å². The minimum atomic E-state index is -0.492. The van der Waals surface area contributed by atoms with Gasteiger partial charge in [0.15, 0.2) is 0 Å². The Balaban J connectivity index is 2.90. The van der Waals surface area contributed by atoms with Gasteiger partial charge in [-0.15, -0.1) is 0 Å².